The van der Waals surface area contributed by atoms with E-state index in [0.717, 1.165) is 13.1 Å². The maximum Gasteiger partial charge on any atom is 0.236 e. The summed E-state index contributed by atoms with van der Waals surface area (Å²) in [7, 11) is 0. The van der Waals surface area contributed by atoms with Crippen molar-refractivity contribution in [3.63, 3.8) is 0 Å². The zero-order valence-corrected chi connectivity index (χ0v) is 12.3. The standard InChI is InChI=1S/C14H29N3O/c1-11(2)9-16-14(18)13(4)15-10-12(3)17-7-5-6-8-17/h11-13,15H,5-10H2,1-4H3,(H,16,18). The van der Waals surface area contributed by atoms with Gasteiger partial charge in [0.1, 0.15) is 0 Å². The summed E-state index contributed by atoms with van der Waals surface area (Å²) >= 11 is 0. The summed E-state index contributed by atoms with van der Waals surface area (Å²) in [6.45, 7) is 12.4. The number of nitrogens with one attached hydrogen (secondary N) is 2. The Morgan fingerprint density at radius 2 is 1.72 bits per heavy atom. The van der Waals surface area contributed by atoms with Crippen LogP contribution < -0.4 is 10.6 Å². The average molecular weight is 255 g/mol. The lowest BCUT2D eigenvalue weighted by atomic mass is 10.2. The van der Waals surface area contributed by atoms with Crippen molar-refractivity contribution in [1.29, 1.82) is 0 Å². The minimum absolute atomic E-state index is 0.103. The summed E-state index contributed by atoms with van der Waals surface area (Å²) in [6.07, 6.45) is 2.63. The quantitative estimate of drug-likeness (QED) is 0.719. The molecule has 1 amide bonds. The van der Waals surface area contributed by atoms with E-state index in [1.807, 2.05) is 6.92 Å². The largest absolute Gasteiger partial charge is 0.354 e. The van der Waals surface area contributed by atoms with Crippen LogP contribution in [0.2, 0.25) is 0 Å². The van der Waals surface area contributed by atoms with Crippen LogP contribution in [0.1, 0.15) is 40.5 Å². The van der Waals surface area contributed by atoms with Gasteiger partial charge in [-0.2, -0.15) is 0 Å². The predicted octanol–water partition coefficient (Wildman–Crippen LogP) is 1.22. The molecule has 0 aliphatic carbocycles. The molecule has 0 saturated carbocycles. The SMILES string of the molecule is CC(C)CNC(=O)C(C)NCC(C)N1CCCC1. The van der Waals surface area contributed by atoms with Gasteiger partial charge in [-0.1, -0.05) is 13.8 Å². The van der Waals surface area contributed by atoms with Crippen LogP contribution in [-0.2, 0) is 4.79 Å². The van der Waals surface area contributed by atoms with E-state index >= 15 is 0 Å². The molecular weight excluding hydrogens is 226 g/mol. The molecule has 2 N–H and O–H groups in total. The Morgan fingerprint density at radius 1 is 1.11 bits per heavy atom. The maximum atomic E-state index is 11.8. The molecule has 1 aliphatic rings. The molecular formula is C14H29N3O. The van der Waals surface area contributed by atoms with Gasteiger partial charge >= 0.3 is 0 Å². The smallest absolute Gasteiger partial charge is 0.236 e. The van der Waals surface area contributed by atoms with Crippen LogP contribution in [0, 0.1) is 5.92 Å². The molecule has 0 bridgehead atoms. The first-order valence-electron chi connectivity index (χ1n) is 7.26. The molecule has 0 aromatic rings. The van der Waals surface area contributed by atoms with Gasteiger partial charge in [-0.15, -0.1) is 0 Å². The Bertz CT molecular complexity index is 249. The molecule has 1 fully saturated rings. The number of rotatable bonds is 7. The van der Waals surface area contributed by atoms with Crippen molar-refractivity contribution in [2.45, 2.75) is 52.6 Å². The number of hydrogen-bond donors (Lipinski definition) is 2. The summed E-state index contributed by atoms with van der Waals surface area (Å²) in [5.74, 6) is 0.613. The number of likely N-dealkylation sites (tertiary alicyclic amines) is 1. The number of carbonyl (C=O) groups excluding carboxylic acids is 1. The van der Waals surface area contributed by atoms with Gasteiger partial charge in [0.15, 0.2) is 0 Å². The molecule has 0 aromatic heterocycles. The van der Waals surface area contributed by atoms with Crippen molar-refractivity contribution >= 4 is 5.91 Å². The van der Waals surface area contributed by atoms with E-state index in [1.54, 1.807) is 0 Å². The van der Waals surface area contributed by atoms with Gasteiger partial charge < -0.3 is 10.6 Å². The fourth-order valence-electron chi connectivity index (χ4n) is 2.21. The fourth-order valence-corrected chi connectivity index (χ4v) is 2.21. The van der Waals surface area contributed by atoms with Crippen LogP contribution in [0.3, 0.4) is 0 Å². The molecule has 2 unspecified atom stereocenters. The molecule has 4 nitrogen and oxygen atoms in total. The molecule has 1 rings (SSSR count). The van der Waals surface area contributed by atoms with Crippen LogP contribution in [0.15, 0.2) is 0 Å². The average Bonchev–Trinajstić information content (AvgIpc) is 2.86. The normalized spacial score (nSPS) is 20.1. The first-order chi connectivity index (χ1) is 8.50. The molecule has 1 aliphatic heterocycles. The van der Waals surface area contributed by atoms with E-state index < -0.39 is 0 Å². The second kappa shape index (κ2) is 7.74. The van der Waals surface area contributed by atoms with Gasteiger partial charge in [-0.3, -0.25) is 9.69 Å². The van der Waals surface area contributed by atoms with E-state index in [9.17, 15) is 4.79 Å². The van der Waals surface area contributed by atoms with Crippen molar-refractivity contribution < 1.29 is 4.79 Å². The molecule has 0 aromatic carbocycles. The molecule has 0 spiro atoms. The molecule has 4 heteroatoms. The van der Waals surface area contributed by atoms with Crippen LogP contribution in [-0.4, -0.2) is 49.1 Å². The number of carbonyl (C=O) groups is 1. The van der Waals surface area contributed by atoms with Crippen LogP contribution in [0.4, 0.5) is 0 Å². The van der Waals surface area contributed by atoms with Gasteiger partial charge in [-0.25, -0.2) is 0 Å². The lowest BCUT2D eigenvalue weighted by Crippen LogP contribution is -2.47. The highest BCUT2D eigenvalue weighted by atomic mass is 16.2. The summed E-state index contributed by atoms with van der Waals surface area (Å²) < 4.78 is 0. The summed E-state index contributed by atoms with van der Waals surface area (Å²) in [5.41, 5.74) is 0. The van der Waals surface area contributed by atoms with Crippen LogP contribution in [0.25, 0.3) is 0 Å². The fraction of sp³-hybridized carbons (Fsp3) is 0.929. The summed E-state index contributed by atoms with van der Waals surface area (Å²) in [4.78, 5) is 14.3. The third kappa shape index (κ3) is 5.36. The monoisotopic (exact) mass is 255 g/mol. The van der Waals surface area contributed by atoms with Crippen molar-refractivity contribution in [2.75, 3.05) is 26.2 Å². The Kier molecular flexibility index (Phi) is 6.65. The Balaban J connectivity index is 2.18. The van der Waals surface area contributed by atoms with Gasteiger partial charge in [0, 0.05) is 19.1 Å². The Morgan fingerprint density at radius 3 is 2.28 bits per heavy atom. The predicted molar refractivity (Wildman–Crippen MR) is 75.6 cm³/mol. The van der Waals surface area contributed by atoms with Gasteiger partial charge in [-0.05, 0) is 45.7 Å². The van der Waals surface area contributed by atoms with E-state index in [0.29, 0.717) is 12.0 Å². The molecule has 1 heterocycles. The summed E-state index contributed by atoms with van der Waals surface area (Å²) in [5, 5.41) is 6.29. The number of nitrogens with zero attached hydrogens (tertiary/aromatic N) is 1. The third-order valence-corrected chi connectivity index (χ3v) is 3.56. The van der Waals surface area contributed by atoms with E-state index in [2.05, 4.69) is 36.3 Å². The topological polar surface area (TPSA) is 44.4 Å². The van der Waals surface area contributed by atoms with E-state index in [4.69, 9.17) is 0 Å². The van der Waals surface area contributed by atoms with E-state index in [-0.39, 0.29) is 11.9 Å². The van der Waals surface area contributed by atoms with Crippen molar-refractivity contribution in [3.8, 4) is 0 Å². The number of hydrogen-bond acceptors (Lipinski definition) is 3. The van der Waals surface area contributed by atoms with E-state index in [1.165, 1.54) is 25.9 Å². The number of amides is 1. The lowest BCUT2D eigenvalue weighted by Gasteiger charge is -2.25. The van der Waals surface area contributed by atoms with Gasteiger partial charge in [0.05, 0.1) is 6.04 Å². The summed E-state index contributed by atoms with van der Waals surface area (Å²) in [6, 6.07) is 0.418. The first-order valence-corrected chi connectivity index (χ1v) is 7.26. The molecule has 18 heavy (non-hydrogen) atoms. The minimum atomic E-state index is -0.103. The highest BCUT2D eigenvalue weighted by Crippen LogP contribution is 2.10. The molecule has 0 radical (unpaired) electrons. The maximum absolute atomic E-state index is 11.8. The zero-order valence-electron chi connectivity index (χ0n) is 12.3. The van der Waals surface area contributed by atoms with Crippen LogP contribution in [0.5, 0.6) is 0 Å². The second-order valence-corrected chi connectivity index (χ2v) is 5.86. The molecule has 1 saturated heterocycles. The van der Waals surface area contributed by atoms with Crippen molar-refractivity contribution in [2.24, 2.45) is 5.92 Å². The van der Waals surface area contributed by atoms with Gasteiger partial charge in [0.2, 0.25) is 5.91 Å². The molecule has 2 atom stereocenters. The Hall–Kier alpha value is -0.610. The molecule has 106 valence electrons. The lowest BCUT2D eigenvalue weighted by molar-refractivity contribution is -0.122. The van der Waals surface area contributed by atoms with Crippen molar-refractivity contribution in [3.05, 3.63) is 0 Å². The first kappa shape index (κ1) is 15.4. The zero-order chi connectivity index (χ0) is 13.5. The van der Waals surface area contributed by atoms with Crippen LogP contribution >= 0.6 is 0 Å². The Labute approximate surface area is 111 Å². The highest BCUT2D eigenvalue weighted by molar-refractivity contribution is 5.81. The van der Waals surface area contributed by atoms with Gasteiger partial charge in [0.25, 0.3) is 0 Å². The minimum Gasteiger partial charge on any atom is -0.354 e. The third-order valence-electron chi connectivity index (χ3n) is 3.56. The van der Waals surface area contributed by atoms with Crippen molar-refractivity contribution in [1.82, 2.24) is 15.5 Å². The second-order valence-electron chi connectivity index (χ2n) is 5.86. The highest BCUT2D eigenvalue weighted by Gasteiger charge is 2.19.